The quantitative estimate of drug-likeness (QED) is 0.802. The fraction of sp³-hybridized carbons (Fsp3) is 0.294. The second kappa shape index (κ2) is 6.06. The van der Waals surface area contributed by atoms with Crippen molar-refractivity contribution in [2.75, 3.05) is 11.5 Å². The Labute approximate surface area is 124 Å². The van der Waals surface area contributed by atoms with E-state index < -0.39 is 0 Å². The minimum atomic E-state index is 0.336. The van der Waals surface area contributed by atoms with Gasteiger partial charge in [0.15, 0.2) is 0 Å². The summed E-state index contributed by atoms with van der Waals surface area (Å²) in [7, 11) is 0. The van der Waals surface area contributed by atoms with Gasteiger partial charge in [0.05, 0.1) is 4.08 Å². The zero-order valence-corrected chi connectivity index (χ0v) is 12.6. The fourth-order valence-electron chi connectivity index (χ4n) is 2.58. The van der Waals surface area contributed by atoms with Gasteiger partial charge in [-0.2, -0.15) is 0 Å². The van der Waals surface area contributed by atoms with Crippen LogP contribution in [0.1, 0.15) is 11.1 Å². The zero-order chi connectivity index (χ0) is 13.0. The lowest BCUT2D eigenvalue weighted by atomic mass is 10.0. The smallest absolute Gasteiger partial charge is 0.0691 e. The molecule has 2 aromatic carbocycles. The van der Waals surface area contributed by atoms with Gasteiger partial charge in [0.25, 0.3) is 0 Å². The Morgan fingerprint density at radius 3 is 1.53 bits per heavy atom. The summed E-state index contributed by atoms with van der Waals surface area (Å²) in [5.41, 5.74) is 2.92. The fourth-order valence-corrected chi connectivity index (χ4v) is 5.90. The van der Waals surface area contributed by atoms with Gasteiger partial charge in [-0.05, 0) is 24.0 Å². The molecule has 1 heterocycles. The lowest BCUT2D eigenvalue weighted by molar-refractivity contribution is 0.792. The molecule has 0 aliphatic carbocycles. The summed E-state index contributed by atoms with van der Waals surface area (Å²) in [5, 5.41) is 0. The van der Waals surface area contributed by atoms with E-state index in [1.807, 2.05) is 0 Å². The monoisotopic (exact) mass is 286 g/mol. The summed E-state index contributed by atoms with van der Waals surface area (Å²) in [6.45, 7) is 0. The maximum absolute atomic E-state index is 2.26. The van der Waals surface area contributed by atoms with Crippen molar-refractivity contribution in [3.63, 3.8) is 0 Å². The topological polar surface area (TPSA) is 0 Å². The number of hydrogen-bond acceptors (Lipinski definition) is 2. The van der Waals surface area contributed by atoms with Crippen molar-refractivity contribution in [1.82, 2.24) is 0 Å². The highest BCUT2D eigenvalue weighted by Gasteiger charge is 2.35. The van der Waals surface area contributed by atoms with E-state index in [9.17, 15) is 0 Å². The van der Waals surface area contributed by atoms with Crippen LogP contribution in [-0.2, 0) is 12.8 Å². The standard InChI is InChI=1S/C17H18S2/c1-3-7-15(8-4-1)13-17(18-11-12-19-17)14-16-9-5-2-6-10-16/h1-10H,11-14H2. The summed E-state index contributed by atoms with van der Waals surface area (Å²) in [4.78, 5) is 0. The van der Waals surface area contributed by atoms with Gasteiger partial charge >= 0.3 is 0 Å². The summed E-state index contributed by atoms with van der Waals surface area (Å²) in [5.74, 6) is 2.56. The number of rotatable bonds is 4. The van der Waals surface area contributed by atoms with E-state index >= 15 is 0 Å². The minimum Gasteiger partial charge on any atom is -0.143 e. The summed E-state index contributed by atoms with van der Waals surface area (Å²) in [6, 6.07) is 21.8. The van der Waals surface area contributed by atoms with Crippen molar-refractivity contribution in [3.8, 4) is 0 Å². The van der Waals surface area contributed by atoms with Crippen LogP contribution in [0.3, 0.4) is 0 Å². The molecular weight excluding hydrogens is 268 g/mol. The Kier molecular flexibility index (Phi) is 4.19. The van der Waals surface area contributed by atoms with Crippen LogP contribution in [-0.4, -0.2) is 15.6 Å². The Balaban J connectivity index is 1.79. The predicted octanol–water partition coefficient (Wildman–Crippen LogP) is 4.65. The van der Waals surface area contributed by atoms with Crippen LogP contribution in [0.25, 0.3) is 0 Å². The molecule has 0 aromatic heterocycles. The van der Waals surface area contributed by atoms with Gasteiger partial charge in [-0.25, -0.2) is 0 Å². The second-order valence-corrected chi connectivity index (χ2v) is 8.15. The molecule has 0 spiro atoms. The van der Waals surface area contributed by atoms with E-state index in [1.54, 1.807) is 0 Å². The Morgan fingerprint density at radius 1 is 0.684 bits per heavy atom. The van der Waals surface area contributed by atoms with Crippen molar-refractivity contribution in [2.24, 2.45) is 0 Å². The highest BCUT2D eigenvalue weighted by atomic mass is 32.2. The molecule has 98 valence electrons. The van der Waals surface area contributed by atoms with Gasteiger partial charge in [0.1, 0.15) is 0 Å². The van der Waals surface area contributed by atoms with Crippen molar-refractivity contribution in [1.29, 1.82) is 0 Å². The van der Waals surface area contributed by atoms with E-state index in [2.05, 4.69) is 84.2 Å². The average Bonchev–Trinajstić information content (AvgIpc) is 2.89. The van der Waals surface area contributed by atoms with Crippen molar-refractivity contribution < 1.29 is 0 Å². The van der Waals surface area contributed by atoms with Crippen LogP contribution in [0, 0.1) is 0 Å². The number of hydrogen-bond donors (Lipinski definition) is 0. The molecule has 0 radical (unpaired) electrons. The molecule has 0 atom stereocenters. The lowest BCUT2D eigenvalue weighted by Crippen LogP contribution is -2.23. The van der Waals surface area contributed by atoms with E-state index in [0.717, 1.165) is 12.8 Å². The highest BCUT2D eigenvalue weighted by Crippen LogP contribution is 2.48. The summed E-state index contributed by atoms with van der Waals surface area (Å²) in [6.07, 6.45) is 2.33. The van der Waals surface area contributed by atoms with Crippen LogP contribution in [0.5, 0.6) is 0 Å². The summed E-state index contributed by atoms with van der Waals surface area (Å²) < 4.78 is 0.336. The average molecular weight is 286 g/mol. The third-order valence-corrected chi connectivity index (χ3v) is 6.86. The van der Waals surface area contributed by atoms with Crippen LogP contribution in [0.4, 0.5) is 0 Å². The maximum atomic E-state index is 2.26. The van der Waals surface area contributed by atoms with E-state index in [-0.39, 0.29) is 0 Å². The Bertz CT molecular complexity index is 458. The lowest BCUT2D eigenvalue weighted by Gasteiger charge is -2.27. The van der Waals surface area contributed by atoms with E-state index in [4.69, 9.17) is 0 Å². The van der Waals surface area contributed by atoms with E-state index in [0.29, 0.717) is 4.08 Å². The highest BCUT2D eigenvalue weighted by molar-refractivity contribution is 8.21. The third kappa shape index (κ3) is 3.37. The maximum Gasteiger partial charge on any atom is 0.0691 e. The molecule has 19 heavy (non-hydrogen) atoms. The molecule has 2 aromatic rings. The molecule has 1 aliphatic heterocycles. The molecule has 2 heteroatoms. The van der Waals surface area contributed by atoms with Crippen LogP contribution >= 0.6 is 23.5 Å². The molecule has 0 bridgehead atoms. The van der Waals surface area contributed by atoms with Crippen molar-refractivity contribution in [3.05, 3.63) is 71.8 Å². The molecule has 1 aliphatic rings. The molecule has 0 saturated carbocycles. The van der Waals surface area contributed by atoms with Gasteiger partial charge in [-0.1, -0.05) is 60.7 Å². The molecule has 0 nitrogen and oxygen atoms in total. The number of benzene rings is 2. The first-order chi connectivity index (χ1) is 9.36. The van der Waals surface area contributed by atoms with Crippen LogP contribution < -0.4 is 0 Å². The number of thioether (sulfide) groups is 2. The first kappa shape index (κ1) is 13.1. The van der Waals surface area contributed by atoms with Crippen LogP contribution in [0.2, 0.25) is 0 Å². The van der Waals surface area contributed by atoms with Crippen molar-refractivity contribution >= 4 is 23.5 Å². The van der Waals surface area contributed by atoms with Crippen LogP contribution in [0.15, 0.2) is 60.7 Å². The Morgan fingerprint density at radius 2 is 1.11 bits per heavy atom. The van der Waals surface area contributed by atoms with Gasteiger partial charge in [0, 0.05) is 11.5 Å². The minimum absolute atomic E-state index is 0.336. The molecule has 0 amide bonds. The molecular formula is C17H18S2. The first-order valence-corrected chi connectivity index (χ1v) is 8.69. The predicted molar refractivity (Wildman–Crippen MR) is 87.9 cm³/mol. The Hall–Kier alpha value is -0.860. The van der Waals surface area contributed by atoms with Gasteiger partial charge in [0.2, 0.25) is 0 Å². The van der Waals surface area contributed by atoms with Gasteiger partial charge in [-0.15, -0.1) is 23.5 Å². The normalized spacial score (nSPS) is 17.5. The molecule has 1 fully saturated rings. The van der Waals surface area contributed by atoms with Gasteiger partial charge in [-0.3, -0.25) is 0 Å². The molecule has 0 unspecified atom stereocenters. The first-order valence-electron chi connectivity index (χ1n) is 6.72. The van der Waals surface area contributed by atoms with E-state index in [1.165, 1.54) is 22.6 Å². The van der Waals surface area contributed by atoms with Gasteiger partial charge < -0.3 is 0 Å². The summed E-state index contributed by atoms with van der Waals surface area (Å²) >= 11 is 4.28. The molecule has 1 saturated heterocycles. The third-order valence-electron chi connectivity index (χ3n) is 3.45. The second-order valence-electron chi connectivity index (χ2n) is 4.93. The molecule has 0 N–H and O–H groups in total. The zero-order valence-electron chi connectivity index (χ0n) is 10.9. The SMILES string of the molecule is c1ccc(CC2(Cc3ccccc3)SCCS2)cc1. The largest absolute Gasteiger partial charge is 0.143 e. The van der Waals surface area contributed by atoms with Crippen molar-refractivity contribution in [2.45, 2.75) is 16.9 Å². The molecule has 3 rings (SSSR count).